The van der Waals surface area contributed by atoms with Crippen molar-refractivity contribution < 1.29 is 1.37 Å². The van der Waals surface area contributed by atoms with Crippen molar-refractivity contribution in [3.05, 3.63) is 230 Å². The maximum absolute atomic E-state index is 9.87. The van der Waals surface area contributed by atoms with Crippen molar-refractivity contribution in [1.82, 2.24) is 9.97 Å². The van der Waals surface area contributed by atoms with E-state index < -0.39 is 5.89 Å². The Balaban J connectivity index is 0.960. The summed E-state index contributed by atoms with van der Waals surface area (Å²) >= 11 is 1.86. The van der Waals surface area contributed by atoms with E-state index in [0.717, 1.165) is 72.7 Å². The molecular weight excluding hydrogens is 865 g/mol. The lowest BCUT2D eigenvalue weighted by Gasteiger charge is -2.25. The van der Waals surface area contributed by atoms with Crippen LogP contribution in [0.1, 0.15) is 26.7 Å². The molecule has 10 aromatic carbocycles. The van der Waals surface area contributed by atoms with Crippen molar-refractivity contribution in [2.75, 3.05) is 0 Å². The van der Waals surface area contributed by atoms with Crippen LogP contribution in [0.15, 0.2) is 225 Å². The number of hydrogen-bond acceptors (Lipinski definition) is 3. The Morgan fingerprint density at radius 1 is 0.357 bits per heavy atom. The van der Waals surface area contributed by atoms with E-state index in [2.05, 4.69) is 218 Å². The van der Waals surface area contributed by atoms with Crippen LogP contribution in [0.3, 0.4) is 0 Å². The van der Waals surface area contributed by atoms with Gasteiger partial charge >= 0.3 is 0 Å². The second-order valence-corrected chi connectivity index (χ2v) is 19.8. The van der Waals surface area contributed by atoms with Crippen molar-refractivity contribution in [3.8, 4) is 123 Å². The molecule has 2 aromatic heterocycles. The molecule has 0 atom stereocenters. The van der Waals surface area contributed by atoms with E-state index in [9.17, 15) is 1.37 Å². The summed E-state index contributed by atoms with van der Waals surface area (Å²) in [7, 11) is 0. The molecule has 0 bridgehead atoms. The molecule has 70 heavy (non-hydrogen) atoms. The second kappa shape index (κ2) is 16.1. The standard InChI is InChI=1S/C67H44N2S/c1-40(2)64-43(41-33-35-54-49-21-6-5-19-47(49)45-17-3-4-18-46(45)48-20-7-9-24-52(48)60(54)37-41)28-15-31-59(64)62-39-68-65-57-36-34-42(44-29-16-30-58-55-26-13-14-32-63(55)70-67(44)58)38-61(57)53-25-10-8-22-50(53)51-23-11-12-27-56(51)66(65)69-62/h3-40H,1-2H3/i40D. The third-order valence-electron chi connectivity index (χ3n) is 14.6. The first-order chi connectivity index (χ1) is 34.9. The summed E-state index contributed by atoms with van der Waals surface area (Å²) in [5.41, 5.74) is 24.9. The zero-order valence-corrected chi connectivity index (χ0v) is 39.5. The summed E-state index contributed by atoms with van der Waals surface area (Å²) in [5.74, 6) is -0.997. The Bertz CT molecular complexity index is 4170. The zero-order chi connectivity index (χ0) is 47.4. The molecule has 0 aliphatic heterocycles. The third-order valence-corrected chi connectivity index (χ3v) is 15.8. The smallest absolute Gasteiger partial charge is 0.0979 e. The van der Waals surface area contributed by atoms with Gasteiger partial charge in [0.2, 0.25) is 0 Å². The highest BCUT2D eigenvalue weighted by atomic mass is 32.1. The molecule has 14 rings (SSSR count). The highest BCUT2D eigenvalue weighted by molar-refractivity contribution is 7.26. The lowest BCUT2D eigenvalue weighted by molar-refractivity contribution is 0.870. The Morgan fingerprint density at radius 3 is 1.36 bits per heavy atom. The van der Waals surface area contributed by atoms with E-state index in [-0.39, 0.29) is 0 Å². The molecule has 2 aliphatic carbocycles. The van der Waals surface area contributed by atoms with Crippen LogP contribution in [0, 0.1) is 0 Å². The minimum Gasteiger partial charge on any atom is -0.252 e. The van der Waals surface area contributed by atoms with Gasteiger partial charge in [-0.2, -0.15) is 0 Å². The van der Waals surface area contributed by atoms with Crippen molar-refractivity contribution >= 4 is 31.5 Å². The van der Waals surface area contributed by atoms with Crippen LogP contribution >= 0.6 is 11.3 Å². The molecule has 0 unspecified atom stereocenters. The quantitative estimate of drug-likeness (QED) is 0.176. The van der Waals surface area contributed by atoms with Crippen LogP contribution in [0.25, 0.3) is 143 Å². The normalized spacial score (nSPS) is 12.3. The molecule has 12 aromatic rings. The molecule has 0 N–H and O–H groups in total. The summed E-state index contributed by atoms with van der Waals surface area (Å²) in [5, 5.41) is 2.58. The van der Waals surface area contributed by atoms with Gasteiger partial charge in [-0.1, -0.05) is 214 Å². The van der Waals surface area contributed by atoms with Gasteiger partial charge in [-0.3, -0.25) is 4.98 Å². The van der Waals surface area contributed by atoms with Crippen LogP contribution in [0.4, 0.5) is 0 Å². The van der Waals surface area contributed by atoms with Gasteiger partial charge in [0.25, 0.3) is 0 Å². The average Bonchev–Trinajstić information content (AvgIpc) is 3.81. The summed E-state index contributed by atoms with van der Waals surface area (Å²) in [6, 6.07) is 79.3. The average molecular weight is 910 g/mol. The first-order valence-corrected chi connectivity index (χ1v) is 24.9. The van der Waals surface area contributed by atoms with Gasteiger partial charge in [0.1, 0.15) is 0 Å². The largest absolute Gasteiger partial charge is 0.252 e. The Hall–Kier alpha value is -8.50. The number of aromatic nitrogens is 2. The van der Waals surface area contributed by atoms with E-state index in [0.29, 0.717) is 0 Å². The van der Waals surface area contributed by atoms with E-state index in [1.165, 1.54) is 75.8 Å². The molecule has 0 fully saturated rings. The highest BCUT2D eigenvalue weighted by Gasteiger charge is 2.28. The van der Waals surface area contributed by atoms with Crippen LogP contribution < -0.4 is 0 Å². The fourth-order valence-electron chi connectivity index (χ4n) is 11.5. The maximum atomic E-state index is 9.87. The number of rotatable bonds is 4. The molecule has 2 heterocycles. The molecule has 0 radical (unpaired) electrons. The Kier molecular flexibility index (Phi) is 9.06. The van der Waals surface area contributed by atoms with E-state index in [4.69, 9.17) is 9.97 Å². The molecule has 2 nitrogen and oxygen atoms in total. The van der Waals surface area contributed by atoms with Gasteiger partial charge < -0.3 is 0 Å². The highest BCUT2D eigenvalue weighted by Crippen LogP contribution is 2.52. The summed E-state index contributed by atoms with van der Waals surface area (Å²) in [6.07, 6.45) is 1.93. The molecule has 0 saturated heterocycles. The SMILES string of the molecule is [2H]C(C)(C)c1c(-c2ccc3c(c2)-c2ccccc2-c2ccccc2-c2ccccc2-3)cccc1-c1cnc2c(n1)-c1ccccc1-c1ccccc1-c1cc(-c3cccc4c3sc3ccccc34)ccc1-2. The predicted octanol–water partition coefficient (Wildman–Crippen LogP) is 18.9. The number of benzene rings is 10. The molecule has 3 heteroatoms. The molecule has 0 spiro atoms. The van der Waals surface area contributed by atoms with Gasteiger partial charge in [0.15, 0.2) is 0 Å². The first-order valence-electron chi connectivity index (χ1n) is 24.6. The van der Waals surface area contributed by atoms with Crippen LogP contribution in [0.2, 0.25) is 0 Å². The first kappa shape index (κ1) is 39.5. The summed E-state index contributed by atoms with van der Waals surface area (Å²) < 4.78 is 12.5. The Morgan fingerprint density at radius 2 is 0.757 bits per heavy atom. The van der Waals surface area contributed by atoms with Gasteiger partial charge in [-0.15, -0.1) is 11.3 Å². The van der Waals surface area contributed by atoms with Crippen LogP contribution in [-0.4, -0.2) is 9.97 Å². The number of fused-ring (bicyclic) bond motifs is 19. The monoisotopic (exact) mass is 909 g/mol. The summed E-state index contributed by atoms with van der Waals surface area (Å²) in [4.78, 5) is 11.1. The second-order valence-electron chi connectivity index (χ2n) is 18.7. The van der Waals surface area contributed by atoms with Gasteiger partial charge in [0.05, 0.1) is 23.3 Å². The van der Waals surface area contributed by atoms with E-state index >= 15 is 0 Å². The zero-order valence-electron chi connectivity index (χ0n) is 39.7. The number of thiophene rings is 1. The molecule has 0 amide bonds. The molecular formula is C67H44N2S. The third kappa shape index (κ3) is 6.25. The van der Waals surface area contributed by atoms with Crippen molar-refractivity contribution in [3.63, 3.8) is 0 Å². The summed E-state index contributed by atoms with van der Waals surface area (Å²) in [6.45, 7) is 3.98. The van der Waals surface area contributed by atoms with Gasteiger partial charge in [-0.25, -0.2) is 4.98 Å². The fraction of sp³-hybridized carbons (Fsp3) is 0.0448. The molecule has 0 saturated carbocycles. The minimum atomic E-state index is -0.997. The maximum Gasteiger partial charge on any atom is 0.0979 e. The molecule has 328 valence electrons. The van der Waals surface area contributed by atoms with E-state index in [1.807, 2.05) is 31.4 Å². The van der Waals surface area contributed by atoms with Crippen molar-refractivity contribution in [2.45, 2.75) is 19.7 Å². The lowest BCUT2D eigenvalue weighted by Crippen LogP contribution is -2.04. The van der Waals surface area contributed by atoms with Crippen LogP contribution in [0.5, 0.6) is 0 Å². The van der Waals surface area contributed by atoms with Gasteiger partial charge in [-0.05, 0) is 119 Å². The van der Waals surface area contributed by atoms with Crippen molar-refractivity contribution in [2.24, 2.45) is 0 Å². The minimum absolute atomic E-state index is 0.737. The van der Waals surface area contributed by atoms with E-state index in [1.54, 1.807) is 0 Å². The lowest BCUT2D eigenvalue weighted by atomic mass is 9.79. The predicted molar refractivity (Wildman–Crippen MR) is 296 cm³/mol. The topological polar surface area (TPSA) is 25.8 Å². The molecule has 2 aliphatic rings. The number of nitrogens with zero attached hydrogens (tertiary/aromatic N) is 2. The number of hydrogen-bond donors (Lipinski definition) is 0. The fourth-order valence-corrected chi connectivity index (χ4v) is 12.7. The Labute approximate surface area is 413 Å². The van der Waals surface area contributed by atoms with Crippen LogP contribution in [-0.2, 0) is 0 Å². The van der Waals surface area contributed by atoms with Crippen molar-refractivity contribution in [1.29, 1.82) is 0 Å². The van der Waals surface area contributed by atoms with Gasteiger partial charge in [0, 0.05) is 38.2 Å².